The Bertz CT molecular complexity index is 134. The van der Waals surface area contributed by atoms with Crippen LogP contribution in [0.4, 0.5) is 0 Å². The Hall–Kier alpha value is -0.830. The second-order valence-corrected chi connectivity index (χ2v) is 2.38. The molecule has 1 atom stereocenters. The van der Waals surface area contributed by atoms with E-state index in [-0.39, 0.29) is 11.8 Å². The van der Waals surface area contributed by atoms with Crippen LogP contribution in [0.1, 0.15) is 12.8 Å². The predicted octanol–water partition coefficient (Wildman–Crippen LogP) is 0.701. The Labute approximate surface area is 67.2 Å². The first-order valence-corrected chi connectivity index (χ1v) is 3.63. The predicted molar refractivity (Wildman–Crippen MR) is 44.0 cm³/mol. The van der Waals surface area contributed by atoms with Gasteiger partial charge in [0.25, 0.3) is 0 Å². The minimum Gasteiger partial charge on any atom is -0.385 e. The lowest BCUT2D eigenvalue weighted by Crippen LogP contribution is -2.21. The number of hydrogen-bond donors (Lipinski definition) is 1. The van der Waals surface area contributed by atoms with Crippen LogP contribution < -0.4 is 5.73 Å². The number of carbonyl (C=O) groups excluding carboxylic acids is 1. The monoisotopic (exact) mass is 157 g/mol. The Kier molecular flexibility index (Phi) is 5.47. The Morgan fingerprint density at radius 3 is 2.82 bits per heavy atom. The number of rotatable bonds is 6. The van der Waals surface area contributed by atoms with E-state index in [1.807, 2.05) is 0 Å². The minimum atomic E-state index is -0.309. The molecule has 1 amide bonds. The third-order valence-electron chi connectivity index (χ3n) is 1.51. The molecule has 0 saturated heterocycles. The summed E-state index contributed by atoms with van der Waals surface area (Å²) < 4.78 is 4.83. The molecule has 0 spiro atoms. The SMILES string of the molecule is C=CC(CCCOC)C(N)=O. The van der Waals surface area contributed by atoms with Gasteiger partial charge in [0.05, 0.1) is 5.92 Å². The zero-order valence-electron chi connectivity index (χ0n) is 6.88. The molecule has 0 aliphatic heterocycles. The summed E-state index contributed by atoms with van der Waals surface area (Å²) in [6.45, 7) is 4.18. The molecule has 0 aromatic rings. The van der Waals surface area contributed by atoms with Crippen LogP contribution in [0, 0.1) is 5.92 Å². The number of hydrogen-bond acceptors (Lipinski definition) is 2. The number of amides is 1. The Balaban J connectivity index is 3.52. The van der Waals surface area contributed by atoms with Crippen LogP contribution in [0.3, 0.4) is 0 Å². The summed E-state index contributed by atoms with van der Waals surface area (Å²) in [5.74, 6) is -0.513. The fourth-order valence-corrected chi connectivity index (χ4v) is 0.824. The molecular weight excluding hydrogens is 142 g/mol. The van der Waals surface area contributed by atoms with E-state index in [2.05, 4.69) is 6.58 Å². The van der Waals surface area contributed by atoms with Crippen LogP contribution in [0.5, 0.6) is 0 Å². The van der Waals surface area contributed by atoms with Crippen molar-refractivity contribution in [2.24, 2.45) is 11.7 Å². The standard InChI is InChI=1S/C8H15NO2/c1-3-7(8(9)10)5-4-6-11-2/h3,7H,1,4-6H2,2H3,(H2,9,10). The molecule has 0 saturated carbocycles. The van der Waals surface area contributed by atoms with Gasteiger partial charge in [-0.1, -0.05) is 6.08 Å². The average Bonchev–Trinajstić information content (AvgIpc) is 1.97. The first-order chi connectivity index (χ1) is 5.22. The summed E-state index contributed by atoms with van der Waals surface area (Å²) in [4.78, 5) is 10.6. The van der Waals surface area contributed by atoms with Crippen LogP contribution in [-0.4, -0.2) is 19.6 Å². The molecule has 0 fully saturated rings. The average molecular weight is 157 g/mol. The summed E-state index contributed by atoms with van der Waals surface area (Å²) >= 11 is 0. The maximum Gasteiger partial charge on any atom is 0.224 e. The second kappa shape index (κ2) is 5.92. The number of ether oxygens (including phenoxy) is 1. The van der Waals surface area contributed by atoms with E-state index >= 15 is 0 Å². The molecule has 3 heteroatoms. The molecule has 2 N–H and O–H groups in total. The summed E-state index contributed by atoms with van der Waals surface area (Å²) in [5.41, 5.74) is 5.08. The van der Waals surface area contributed by atoms with Crippen LogP contribution in [0.15, 0.2) is 12.7 Å². The van der Waals surface area contributed by atoms with E-state index in [1.54, 1.807) is 13.2 Å². The number of carbonyl (C=O) groups is 1. The topological polar surface area (TPSA) is 52.3 Å². The van der Waals surface area contributed by atoms with Crippen molar-refractivity contribution < 1.29 is 9.53 Å². The maximum atomic E-state index is 10.6. The molecule has 0 rings (SSSR count). The highest BCUT2D eigenvalue weighted by Crippen LogP contribution is 2.06. The highest BCUT2D eigenvalue weighted by atomic mass is 16.5. The molecule has 0 bridgehead atoms. The lowest BCUT2D eigenvalue weighted by Gasteiger charge is -2.06. The van der Waals surface area contributed by atoms with Gasteiger partial charge in [-0.25, -0.2) is 0 Å². The van der Waals surface area contributed by atoms with Crippen LogP contribution in [0.2, 0.25) is 0 Å². The lowest BCUT2D eigenvalue weighted by atomic mass is 10.0. The van der Waals surface area contributed by atoms with Crippen molar-refractivity contribution in [1.29, 1.82) is 0 Å². The first-order valence-electron chi connectivity index (χ1n) is 3.63. The van der Waals surface area contributed by atoms with Crippen molar-refractivity contribution in [3.63, 3.8) is 0 Å². The molecule has 0 radical (unpaired) electrons. The van der Waals surface area contributed by atoms with Gasteiger partial charge in [-0.15, -0.1) is 6.58 Å². The third-order valence-corrected chi connectivity index (χ3v) is 1.51. The fraction of sp³-hybridized carbons (Fsp3) is 0.625. The highest BCUT2D eigenvalue weighted by Gasteiger charge is 2.09. The number of nitrogens with two attached hydrogens (primary N) is 1. The second-order valence-electron chi connectivity index (χ2n) is 2.38. The van der Waals surface area contributed by atoms with Gasteiger partial charge in [-0.3, -0.25) is 4.79 Å². The van der Waals surface area contributed by atoms with Gasteiger partial charge < -0.3 is 10.5 Å². The van der Waals surface area contributed by atoms with Gasteiger partial charge in [0.2, 0.25) is 5.91 Å². The van der Waals surface area contributed by atoms with E-state index < -0.39 is 0 Å². The molecule has 0 heterocycles. The zero-order valence-corrected chi connectivity index (χ0v) is 6.88. The third kappa shape index (κ3) is 4.56. The van der Waals surface area contributed by atoms with Crippen LogP contribution >= 0.6 is 0 Å². The molecular formula is C8H15NO2. The van der Waals surface area contributed by atoms with E-state index in [0.717, 1.165) is 12.8 Å². The first kappa shape index (κ1) is 10.2. The summed E-state index contributed by atoms with van der Waals surface area (Å²) in [6, 6.07) is 0. The molecule has 0 aliphatic rings. The van der Waals surface area contributed by atoms with Gasteiger partial charge in [-0.05, 0) is 12.8 Å². The van der Waals surface area contributed by atoms with E-state index in [0.29, 0.717) is 6.61 Å². The summed E-state index contributed by atoms with van der Waals surface area (Å²) in [5, 5.41) is 0. The maximum absolute atomic E-state index is 10.6. The van der Waals surface area contributed by atoms with E-state index in [4.69, 9.17) is 10.5 Å². The normalized spacial score (nSPS) is 12.5. The van der Waals surface area contributed by atoms with Gasteiger partial charge in [-0.2, -0.15) is 0 Å². The van der Waals surface area contributed by atoms with Crippen molar-refractivity contribution in [2.45, 2.75) is 12.8 Å². The Morgan fingerprint density at radius 2 is 2.45 bits per heavy atom. The van der Waals surface area contributed by atoms with Gasteiger partial charge in [0, 0.05) is 13.7 Å². The quantitative estimate of drug-likeness (QED) is 0.456. The molecule has 0 aliphatic carbocycles. The van der Waals surface area contributed by atoms with Gasteiger partial charge in [0.15, 0.2) is 0 Å². The fourth-order valence-electron chi connectivity index (χ4n) is 0.824. The van der Waals surface area contributed by atoms with Crippen molar-refractivity contribution in [2.75, 3.05) is 13.7 Å². The van der Waals surface area contributed by atoms with Gasteiger partial charge >= 0.3 is 0 Å². The van der Waals surface area contributed by atoms with Crippen molar-refractivity contribution in [3.05, 3.63) is 12.7 Å². The Morgan fingerprint density at radius 1 is 1.82 bits per heavy atom. The van der Waals surface area contributed by atoms with Crippen LogP contribution in [-0.2, 0) is 9.53 Å². The zero-order chi connectivity index (χ0) is 8.69. The summed E-state index contributed by atoms with van der Waals surface area (Å²) in [7, 11) is 1.63. The molecule has 0 aromatic heterocycles. The van der Waals surface area contributed by atoms with Crippen LogP contribution in [0.25, 0.3) is 0 Å². The number of methoxy groups -OCH3 is 1. The number of primary amides is 1. The van der Waals surface area contributed by atoms with Crippen molar-refractivity contribution >= 4 is 5.91 Å². The van der Waals surface area contributed by atoms with E-state index in [1.165, 1.54) is 0 Å². The smallest absolute Gasteiger partial charge is 0.224 e. The van der Waals surface area contributed by atoms with Crippen molar-refractivity contribution in [1.82, 2.24) is 0 Å². The van der Waals surface area contributed by atoms with Crippen molar-refractivity contribution in [3.8, 4) is 0 Å². The molecule has 11 heavy (non-hydrogen) atoms. The van der Waals surface area contributed by atoms with Gasteiger partial charge in [0.1, 0.15) is 0 Å². The molecule has 64 valence electrons. The lowest BCUT2D eigenvalue weighted by molar-refractivity contribution is -0.120. The molecule has 1 unspecified atom stereocenters. The highest BCUT2D eigenvalue weighted by molar-refractivity contribution is 5.78. The molecule has 3 nitrogen and oxygen atoms in total. The summed E-state index contributed by atoms with van der Waals surface area (Å²) in [6.07, 6.45) is 3.15. The minimum absolute atomic E-state index is 0.204. The largest absolute Gasteiger partial charge is 0.385 e. The molecule has 0 aromatic carbocycles. The van der Waals surface area contributed by atoms with E-state index in [9.17, 15) is 4.79 Å².